The van der Waals surface area contributed by atoms with Crippen molar-refractivity contribution in [1.29, 1.82) is 0 Å². The van der Waals surface area contributed by atoms with Gasteiger partial charge >= 0.3 is 0 Å². The lowest BCUT2D eigenvalue weighted by molar-refractivity contribution is -0.117. The molecule has 0 bridgehead atoms. The van der Waals surface area contributed by atoms with E-state index in [1.165, 1.54) is 19.1 Å². The molecule has 5 heteroatoms. The van der Waals surface area contributed by atoms with Gasteiger partial charge in [0.1, 0.15) is 0 Å². The van der Waals surface area contributed by atoms with Gasteiger partial charge in [-0.1, -0.05) is 30.4 Å². The third kappa shape index (κ3) is 13.3. The van der Waals surface area contributed by atoms with Crippen molar-refractivity contribution in [3.05, 3.63) is 36.5 Å². The van der Waals surface area contributed by atoms with Crippen molar-refractivity contribution in [3.8, 4) is 0 Å². The molecular formula is C16H27NO4. The van der Waals surface area contributed by atoms with Gasteiger partial charge in [-0.15, -0.1) is 0 Å². The van der Waals surface area contributed by atoms with Crippen molar-refractivity contribution in [1.82, 2.24) is 5.32 Å². The van der Waals surface area contributed by atoms with Crippen LogP contribution in [0.1, 0.15) is 33.6 Å². The van der Waals surface area contributed by atoms with Gasteiger partial charge in [-0.2, -0.15) is 0 Å². The van der Waals surface area contributed by atoms with Gasteiger partial charge in [-0.3, -0.25) is 4.79 Å². The van der Waals surface area contributed by atoms with Crippen LogP contribution in [0.2, 0.25) is 0 Å². The number of hydrogen-bond donors (Lipinski definition) is 4. The molecule has 21 heavy (non-hydrogen) atoms. The summed E-state index contributed by atoms with van der Waals surface area (Å²) in [5.41, 5.74) is -0.908. The molecule has 1 amide bonds. The number of carbonyl (C=O) groups is 1. The lowest BCUT2D eigenvalue weighted by Gasteiger charge is -2.16. The Morgan fingerprint density at radius 3 is 2.38 bits per heavy atom. The van der Waals surface area contributed by atoms with E-state index < -0.39 is 17.8 Å². The van der Waals surface area contributed by atoms with Gasteiger partial charge in [0.2, 0.25) is 5.91 Å². The lowest BCUT2D eigenvalue weighted by Crippen LogP contribution is -2.37. The minimum absolute atomic E-state index is 0.215. The minimum atomic E-state index is -0.908. The number of rotatable bonds is 9. The molecule has 0 aliphatic heterocycles. The number of allylic oxidation sites excluding steroid dienone is 4. The van der Waals surface area contributed by atoms with Crippen LogP contribution in [-0.2, 0) is 4.79 Å². The van der Waals surface area contributed by atoms with Crippen molar-refractivity contribution in [2.24, 2.45) is 0 Å². The monoisotopic (exact) mass is 297 g/mol. The van der Waals surface area contributed by atoms with Crippen LogP contribution in [0.15, 0.2) is 36.5 Å². The van der Waals surface area contributed by atoms with Crippen LogP contribution in [0, 0.1) is 0 Å². The van der Waals surface area contributed by atoms with Crippen LogP contribution in [0.5, 0.6) is 0 Å². The Morgan fingerprint density at radius 2 is 1.81 bits per heavy atom. The highest BCUT2D eigenvalue weighted by Gasteiger charge is 2.12. The fraction of sp³-hybridized carbons (Fsp3) is 0.562. The van der Waals surface area contributed by atoms with Crippen LogP contribution in [-0.4, -0.2) is 45.6 Å². The topological polar surface area (TPSA) is 89.8 Å². The highest BCUT2D eigenvalue weighted by molar-refractivity contribution is 5.87. The van der Waals surface area contributed by atoms with E-state index in [1.54, 1.807) is 32.1 Å². The first-order valence-electron chi connectivity index (χ1n) is 7.08. The number of aliphatic hydroxyl groups is 3. The van der Waals surface area contributed by atoms with Crippen LogP contribution >= 0.6 is 0 Å². The second-order valence-electron chi connectivity index (χ2n) is 5.55. The molecule has 0 aromatic rings. The predicted octanol–water partition coefficient (Wildman–Crippen LogP) is 1.06. The largest absolute Gasteiger partial charge is 0.390 e. The van der Waals surface area contributed by atoms with E-state index in [1.807, 2.05) is 6.08 Å². The Labute approximate surface area is 126 Å². The molecule has 0 unspecified atom stereocenters. The molecule has 4 N–H and O–H groups in total. The molecular weight excluding hydrogens is 270 g/mol. The summed E-state index contributed by atoms with van der Waals surface area (Å²) in [6, 6.07) is 0. The summed E-state index contributed by atoms with van der Waals surface area (Å²) in [7, 11) is 0. The summed E-state index contributed by atoms with van der Waals surface area (Å²) < 4.78 is 0. The second kappa shape index (κ2) is 10.3. The van der Waals surface area contributed by atoms with Gasteiger partial charge in [0.15, 0.2) is 0 Å². The summed E-state index contributed by atoms with van der Waals surface area (Å²) in [5.74, 6) is -0.221. The van der Waals surface area contributed by atoms with Gasteiger partial charge in [0.25, 0.3) is 0 Å². The predicted molar refractivity (Wildman–Crippen MR) is 83.6 cm³/mol. The third-order valence-electron chi connectivity index (χ3n) is 2.51. The summed E-state index contributed by atoms with van der Waals surface area (Å²) in [5, 5.41) is 30.4. The molecule has 0 saturated heterocycles. The SMILES string of the molecule is C[C@H](O)[C@H](O)/C=C/C=C\CC/C=C/C(=O)NCC(C)(C)O. The van der Waals surface area contributed by atoms with Gasteiger partial charge in [0.05, 0.1) is 17.8 Å². The Kier molecular flexibility index (Phi) is 9.62. The van der Waals surface area contributed by atoms with E-state index in [4.69, 9.17) is 5.11 Å². The first kappa shape index (κ1) is 19.6. The molecule has 5 nitrogen and oxygen atoms in total. The zero-order valence-electron chi connectivity index (χ0n) is 13.0. The van der Waals surface area contributed by atoms with Crippen molar-refractivity contribution in [2.75, 3.05) is 6.54 Å². The average Bonchev–Trinajstić information content (AvgIpc) is 2.38. The highest BCUT2D eigenvalue weighted by atomic mass is 16.3. The summed E-state index contributed by atoms with van der Waals surface area (Å²) in [4.78, 5) is 11.4. The smallest absolute Gasteiger partial charge is 0.243 e. The van der Waals surface area contributed by atoms with Crippen molar-refractivity contribution < 1.29 is 20.1 Å². The number of unbranched alkanes of at least 4 members (excludes halogenated alkanes) is 1. The molecule has 0 aliphatic rings. The summed E-state index contributed by atoms with van der Waals surface area (Å²) >= 11 is 0. The first-order chi connectivity index (χ1) is 9.72. The molecule has 0 fully saturated rings. The summed E-state index contributed by atoms with van der Waals surface area (Å²) in [6.45, 7) is 4.99. The molecule has 0 saturated carbocycles. The Hall–Kier alpha value is -1.43. The standard InChI is InChI=1S/C16H27NO4/c1-13(18)14(19)10-8-6-4-5-7-9-11-15(20)17-12-16(2,3)21/h4,6,8-11,13-14,18-19,21H,5,7,12H2,1-3H3,(H,17,20)/b6-4-,10-8+,11-9+/t13-,14+/m0/s1. The molecule has 0 aliphatic carbocycles. The molecule has 0 spiro atoms. The lowest BCUT2D eigenvalue weighted by atomic mass is 10.1. The maximum Gasteiger partial charge on any atom is 0.243 e. The molecule has 2 atom stereocenters. The molecule has 120 valence electrons. The number of amides is 1. The minimum Gasteiger partial charge on any atom is -0.390 e. The Balaban J connectivity index is 3.79. The van der Waals surface area contributed by atoms with Crippen molar-refractivity contribution in [2.45, 2.75) is 51.4 Å². The van der Waals surface area contributed by atoms with Gasteiger partial charge in [-0.05, 0) is 39.7 Å². The molecule has 0 aromatic carbocycles. The van der Waals surface area contributed by atoms with E-state index in [2.05, 4.69) is 5.32 Å². The van der Waals surface area contributed by atoms with Crippen LogP contribution in [0.25, 0.3) is 0 Å². The van der Waals surface area contributed by atoms with E-state index in [0.717, 1.165) is 12.8 Å². The quantitative estimate of drug-likeness (QED) is 0.291. The zero-order chi connectivity index (χ0) is 16.3. The normalized spacial score (nSPS) is 15.9. The van der Waals surface area contributed by atoms with Crippen LogP contribution < -0.4 is 5.32 Å². The van der Waals surface area contributed by atoms with Crippen LogP contribution in [0.4, 0.5) is 0 Å². The average molecular weight is 297 g/mol. The maximum atomic E-state index is 11.4. The molecule has 0 radical (unpaired) electrons. The Morgan fingerprint density at radius 1 is 1.19 bits per heavy atom. The van der Waals surface area contributed by atoms with Gasteiger partial charge in [-0.25, -0.2) is 0 Å². The summed E-state index contributed by atoms with van der Waals surface area (Å²) in [6.07, 6.45) is 9.96. The van der Waals surface area contributed by atoms with Crippen molar-refractivity contribution >= 4 is 5.91 Å². The maximum absolute atomic E-state index is 11.4. The van der Waals surface area contributed by atoms with Gasteiger partial charge < -0.3 is 20.6 Å². The fourth-order valence-corrected chi connectivity index (χ4v) is 1.26. The second-order valence-corrected chi connectivity index (χ2v) is 5.55. The number of hydrogen-bond acceptors (Lipinski definition) is 4. The number of aliphatic hydroxyl groups excluding tert-OH is 2. The zero-order valence-corrected chi connectivity index (χ0v) is 13.0. The van der Waals surface area contributed by atoms with Crippen molar-refractivity contribution in [3.63, 3.8) is 0 Å². The van der Waals surface area contributed by atoms with E-state index in [0.29, 0.717) is 0 Å². The van der Waals surface area contributed by atoms with E-state index in [-0.39, 0.29) is 12.5 Å². The highest BCUT2D eigenvalue weighted by Crippen LogP contribution is 1.98. The van der Waals surface area contributed by atoms with Gasteiger partial charge in [0, 0.05) is 6.54 Å². The first-order valence-corrected chi connectivity index (χ1v) is 7.08. The number of carbonyl (C=O) groups excluding carboxylic acids is 1. The van der Waals surface area contributed by atoms with Crippen LogP contribution in [0.3, 0.4) is 0 Å². The molecule has 0 rings (SSSR count). The van der Waals surface area contributed by atoms with E-state index >= 15 is 0 Å². The molecule has 0 aromatic heterocycles. The number of nitrogens with one attached hydrogen (secondary N) is 1. The third-order valence-corrected chi connectivity index (χ3v) is 2.51. The molecule has 0 heterocycles. The Bertz CT molecular complexity index is 378. The van der Waals surface area contributed by atoms with E-state index in [9.17, 15) is 15.0 Å². The fourth-order valence-electron chi connectivity index (χ4n) is 1.26.